The molecule has 6 nitrogen and oxygen atoms in total. The predicted octanol–water partition coefficient (Wildman–Crippen LogP) is 1.64. The second-order valence-corrected chi connectivity index (χ2v) is 4.28. The first-order valence-corrected chi connectivity index (χ1v) is 4.76. The van der Waals surface area contributed by atoms with Gasteiger partial charge in [0.15, 0.2) is 5.82 Å². The minimum Gasteiger partial charge on any atom is -0.444 e. The third-order valence-electron chi connectivity index (χ3n) is 1.62. The summed E-state index contributed by atoms with van der Waals surface area (Å²) >= 11 is 0. The zero-order chi connectivity index (χ0) is 12.3. The van der Waals surface area contributed by atoms with E-state index in [0.29, 0.717) is 11.5 Å². The third-order valence-corrected chi connectivity index (χ3v) is 1.62. The van der Waals surface area contributed by atoms with Crippen LogP contribution >= 0.6 is 0 Å². The van der Waals surface area contributed by atoms with Crippen LogP contribution in [0.25, 0.3) is 0 Å². The van der Waals surface area contributed by atoms with Crippen molar-refractivity contribution in [3.8, 4) is 6.07 Å². The third kappa shape index (κ3) is 3.28. The highest BCUT2D eigenvalue weighted by atomic mass is 16.6. The number of anilines is 1. The average Bonchev–Trinajstić information content (AvgIpc) is 2.42. The van der Waals surface area contributed by atoms with Gasteiger partial charge in [0.25, 0.3) is 0 Å². The number of rotatable bonds is 1. The van der Waals surface area contributed by atoms with E-state index in [2.05, 4.69) is 10.4 Å². The molecule has 1 aromatic rings. The normalized spacial score (nSPS) is 10.7. The predicted molar refractivity (Wildman–Crippen MR) is 57.8 cm³/mol. The van der Waals surface area contributed by atoms with E-state index in [1.165, 1.54) is 10.7 Å². The van der Waals surface area contributed by atoms with Gasteiger partial charge >= 0.3 is 6.09 Å². The van der Waals surface area contributed by atoms with Crippen molar-refractivity contribution in [1.82, 2.24) is 9.78 Å². The molecule has 1 aromatic heterocycles. The van der Waals surface area contributed by atoms with Crippen LogP contribution in [0.3, 0.4) is 0 Å². The number of aryl methyl sites for hydroxylation is 1. The van der Waals surface area contributed by atoms with Crippen LogP contribution in [-0.4, -0.2) is 21.5 Å². The number of carbonyl (C=O) groups is 1. The summed E-state index contributed by atoms with van der Waals surface area (Å²) in [5.74, 6) is 0.299. The molecule has 16 heavy (non-hydrogen) atoms. The van der Waals surface area contributed by atoms with Crippen molar-refractivity contribution in [1.29, 1.82) is 5.26 Å². The lowest BCUT2D eigenvalue weighted by molar-refractivity contribution is 0.0635. The Bertz CT molecular complexity index is 437. The molecule has 1 heterocycles. The quantitative estimate of drug-likeness (QED) is 0.783. The Balaban J connectivity index is 2.68. The maximum Gasteiger partial charge on any atom is 0.413 e. The molecule has 0 aromatic carbocycles. The van der Waals surface area contributed by atoms with Crippen LogP contribution in [0.1, 0.15) is 26.5 Å². The summed E-state index contributed by atoms with van der Waals surface area (Å²) in [5, 5.41) is 15.1. The van der Waals surface area contributed by atoms with Crippen LogP contribution in [0.15, 0.2) is 6.07 Å². The fraction of sp³-hybridized carbons (Fsp3) is 0.500. The first-order chi connectivity index (χ1) is 7.31. The Morgan fingerprint density at radius 1 is 1.62 bits per heavy atom. The van der Waals surface area contributed by atoms with Crippen LogP contribution in [0.4, 0.5) is 10.6 Å². The Hall–Kier alpha value is -2.03. The van der Waals surface area contributed by atoms with E-state index in [9.17, 15) is 4.79 Å². The molecule has 86 valence electrons. The first kappa shape index (κ1) is 12.0. The molecule has 0 unspecified atom stereocenters. The Kier molecular flexibility index (Phi) is 3.18. The van der Waals surface area contributed by atoms with Crippen molar-refractivity contribution in [2.75, 3.05) is 5.32 Å². The number of nitriles is 1. The molecule has 1 N–H and O–H groups in total. The van der Waals surface area contributed by atoms with Gasteiger partial charge in [0.05, 0.1) is 0 Å². The van der Waals surface area contributed by atoms with Gasteiger partial charge in [0, 0.05) is 13.1 Å². The lowest BCUT2D eigenvalue weighted by Gasteiger charge is -2.18. The zero-order valence-electron chi connectivity index (χ0n) is 9.74. The highest BCUT2D eigenvalue weighted by Gasteiger charge is 2.17. The largest absolute Gasteiger partial charge is 0.444 e. The SMILES string of the molecule is Cn1nc(NC(=O)OC(C)(C)C)cc1C#N. The van der Waals surface area contributed by atoms with Gasteiger partial charge in [-0.25, -0.2) is 4.79 Å². The number of aromatic nitrogens is 2. The van der Waals surface area contributed by atoms with E-state index < -0.39 is 11.7 Å². The van der Waals surface area contributed by atoms with Crippen molar-refractivity contribution >= 4 is 11.9 Å². The fourth-order valence-corrected chi connectivity index (χ4v) is 1.04. The summed E-state index contributed by atoms with van der Waals surface area (Å²) < 4.78 is 6.42. The summed E-state index contributed by atoms with van der Waals surface area (Å²) in [7, 11) is 1.62. The number of hydrogen-bond acceptors (Lipinski definition) is 4. The van der Waals surface area contributed by atoms with Crippen molar-refractivity contribution in [2.45, 2.75) is 26.4 Å². The number of amides is 1. The molecule has 0 radical (unpaired) electrons. The van der Waals surface area contributed by atoms with Gasteiger partial charge in [0.1, 0.15) is 17.4 Å². The molecular formula is C10H14N4O2. The molecule has 0 aliphatic rings. The highest BCUT2D eigenvalue weighted by molar-refractivity contribution is 5.83. The average molecular weight is 222 g/mol. The molecule has 1 amide bonds. The summed E-state index contributed by atoms with van der Waals surface area (Å²) in [6.45, 7) is 5.31. The van der Waals surface area contributed by atoms with Crippen molar-refractivity contribution in [3.63, 3.8) is 0 Å². The second kappa shape index (κ2) is 4.23. The number of hydrogen-bond donors (Lipinski definition) is 1. The minimum atomic E-state index is -0.588. The second-order valence-electron chi connectivity index (χ2n) is 4.28. The van der Waals surface area contributed by atoms with Crippen molar-refractivity contribution < 1.29 is 9.53 Å². The van der Waals surface area contributed by atoms with E-state index in [1.54, 1.807) is 27.8 Å². The summed E-state index contributed by atoms with van der Waals surface area (Å²) in [6, 6.07) is 3.42. The monoisotopic (exact) mass is 222 g/mol. The summed E-state index contributed by atoms with van der Waals surface area (Å²) in [4.78, 5) is 11.4. The van der Waals surface area contributed by atoms with Gasteiger partial charge in [-0.1, -0.05) is 0 Å². The first-order valence-electron chi connectivity index (χ1n) is 4.76. The summed E-state index contributed by atoms with van der Waals surface area (Å²) in [6.07, 6.45) is -0.588. The number of nitrogens with zero attached hydrogens (tertiary/aromatic N) is 3. The fourth-order valence-electron chi connectivity index (χ4n) is 1.04. The molecule has 0 atom stereocenters. The van der Waals surface area contributed by atoms with E-state index >= 15 is 0 Å². The smallest absolute Gasteiger partial charge is 0.413 e. The molecule has 0 aliphatic carbocycles. The number of ether oxygens (including phenoxy) is 1. The van der Waals surface area contributed by atoms with Crippen LogP contribution < -0.4 is 5.32 Å². The molecule has 6 heteroatoms. The van der Waals surface area contributed by atoms with E-state index in [0.717, 1.165) is 0 Å². The topological polar surface area (TPSA) is 79.9 Å². The van der Waals surface area contributed by atoms with Gasteiger partial charge < -0.3 is 4.74 Å². The zero-order valence-corrected chi connectivity index (χ0v) is 9.74. The van der Waals surface area contributed by atoms with Crippen molar-refractivity contribution in [3.05, 3.63) is 11.8 Å². The van der Waals surface area contributed by atoms with Gasteiger partial charge in [-0.05, 0) is 20.8 Å². The maximum atomic E-state index is 11.4. The lowest BCUT2D eigenvalue weighted by Crippen LogP contribution is -2.27. The van der Waals surface area contributed by atoms with E-state index in [-0.39, 0.29) is 0 Å². The van der Waals surface area contributed by atoms with Crippen LogP contribution in [-0.2, 0) is 11.8 Å². The number of carbonyl (C=O) groups excluding carboxylic acids is 1. The Morgan fingerprint density at radius 3 is 2.69 bits per heavy atom. The molecule has 0 bridgehead atoms. The molecule has 1 rings (SSSR count). The minimum absolute atomic E-state index is 0.299. The van der Waals surface area contributed by atoms with Gasteiger partial charge in [-0.2, -0.15) is 10.4 Å². The molecular weight excluding hydrogens is 208 g/mol. The van der Waals surface area contributed by atoms with Crippen molar-refractivity contribution in [2.24, 2.45) is 7.05 Å². The van der Waals surface area contributed by atoms with E-state index in [4.69, 9.17) is 10.00 Å². The van der Waals surface area contributed by atoms with Gasteiger partial charge in [-0.3, -0.25) is 10.00 Å². The maximum absolute atomic E-state index is 11.4. The highest BCUT2D eigenvalue weighted by Crippen LogP contribution is 2.11. The lowest BCUT2D eigenvalue weighted by atomic mass is 10.2. The van der Waals surface area contributed by atoms with Gasteiger partial charge in [0.2, 0.25) is 0 Å². The molecule has 0 fully saturated rings. The summed E-state index contributed by atoms with van der Waals surface area (Å²) in [5.41, 5.74) is -0.192. The molecule has 0 saturated carbocycles. The molecule has 0 saturated heterocycles. The van der Waals surface area contributed by atoms with Crippen LogP contribution in [0.2, 0.25) is 0 Å². The van der Waals surface area contributed by atoms with E-state index in [1.807, 2.05) is 6.07 Å². The van der Waals surface area contributed by atoms with Crippen LogP contribution in [0.5, 0.6) is 0 Å². The van der Waals surface area contributed by atoms with Gasteiger partial charge in [-0.15, -0.1) is 0 Å². The van der Waals surface area contributed by atoms with Crippen LogP contribution in [0, 0.1) is 11.3 Å². The number of nitrogens with one attached hydrogen (secondary N) is 1. The Morgan fingerprint density at radius 2 is 2.25 bits per heavy atom. The Labute approximate surface area is 93.8 Å². The standard InChI is InChI=1S/C10H14N4O2/c1-10(2,3)16-9(15)12-8-5-7(6-11)14(4)13-8/h5H,1-4H3,(H,12,13,15). The molecule has 0 spiro atoms. The molecule has 0 aliphatic heterocycles.